The van der Waals surface area contributed by atoms with Crippen molar-refractivity contribution in [2.75, 3.05) is 34.3 Å². The number of aliphatic imine (C=N–C) groups is 1. The van der Waals surface area contributed by atoms with Gasteiger partial charge in [-0.05, 0) is 49.6 Å². The first-order valence-electron chi connectivity index (χ1n) is 12.9. The molecule has 0 radical (unpaired) electrons. The molecule has 5 rings (SSSR count). The zero-order valence-electron chi connectivity index (χ0n) is 23.3. The number of nitrogens with zero attached hydrogens (tertiary/aromatic N) is 3. The van der Waals surface area contributed by atoms with Crippen molar-refractivity contribution >= 4 is 75.8 Å². The molecule has 0 fully saturated rings. The maximum absolute atomic E-state index is 14.0. The molecule has 0 aliphatic carbocycles. The van der Waals surface area contributed by atoms with E-state index in [9.17, 15) is 4.79 Å². The summed E-state index contributed by atoms with van der Waals surface area (Å²) in [5.41, 5.74) is 3.97. The zero-order chi connectivity index (χ0) is 28.2. The number of nitrogens with one attached hydrogen (secondary N) is 1. The lowest BCUT2D eigenvalue weighted by atomic mass is 9.91. The average molecular weight is 667 g/mol. The zero-order valence-corrected chi connectivity index (χ0v) is 27.3. The lowest BCUT2D eigenvalue weighted by molar-refractivity contribution is -0.118. The summed E-state index contributed by atoms with van der Waals surface area (Å²) in [6.45, 7) is 1.23. The number of rotatable bonds is 9. The van der Waals surface area contributed by atoms with E-state index < -0.39 is 6.04 Å². The number of hydrogen-bond donors (Lipinski definition) is 1. The lowest BCUT2D eigenvalue weighted by Crippen LogP contribution is -2.40. The molecule has 0 saturated carbocycles. The third-order valence-electron chi connectivity index (χ3n) is 6.72. The second kappa shape index (κ2) is 15.2. The van der Waals surface area contributed by atoms with Crippen molar-refractivity contribution in [1.29, 1.82) is 0 Å². The van der Waals surface area contributed by atoms with Crippen LogP contribution in [0.2, 0.25) is 10.0 Å². The Hall–Kier alpha value is -2.65. The van der Waals surface area contributed by atoms with Gasteiger partial charge < -0.3 is 19.9 Å². The number of fused-ring (bicyclic) bond motifs is 1. The van der Waals surface area contributed by atoms with E-state index in [4.69, 9.17) is 32.9 Å². The summed E-state index contributed by atoms with van der Waals surface area (Å²) in [6, 6.07) is 22.9. The predicted octanol–water partition coefficient (Wildman–Crippen LogP) is 7.48. The average Bonchev–Trinajstić information content (AvgIpc) is 3.35. The number of hydrogen-bond acceptors (Lipinski definition) is 6. The Labute approximate surface area is 273 Å². The van der Waals surface area contributed by atoms with Crippen molar-refractivity contribution in [2.45, 2.75) is 12.5 Å². The molecule has 0 spiro atoms. The molecule has 42 heavy (non-hydrogen) atoms. The van der Waals surface area contributed by atoms with Gasteiger partial charge in [-0.3, -0.25) is 4.79 Å². The highest BCUT2D eigenvalue weighted by Crippen LogP contribution is 2.50. The van der Waals surface area contributed by atoms with Gasteiger partial charge >= 0.3 is 0 Å². The Morgan fingerprint density at radius 1 is 1.00 bits per heavy atom. The number of amides is 1. The number of thioether (sulfide) groups is 1. The summed E-state index contributed by atoms with van der Waals surface area (Å²) >= 11 is 14.7. The quantitative estimate of drug-likeness (QED) is 0.257. The van der Waals surface area contributed by atoms with Crippen LogP contribution in [-0.2, 0) is 11.2 Å². The highest BCUT2D eigenvalue weighted by atomic mass is 35.5. The highest BCUT2D eigenvalue weighted by molar-refractivity contribution is 8.22. The van der Waals surface area contributed by atoms with Crippen molar-refractivity contribution in [2.24, 2.45) is 4.99 Å². The molecule has 1 atom stereocenters. The number of benzene rings is 3. The fraction of sp³-hybridized carbons (Fsp3) is 0.226. The van der Waals surface area contributed by atoms with Crippen molar-refractivity contribution in [3.8, 4) is 5.75 Å². The van der Waals surface area contributed by atoms with Crippen molar-refractivity contribution < 1.29 is 9.53 Å². The number of ether oxygens (including phenoxy) is 1. The lowest BCUT2D eigenvalue weighted by Gasteiger charge is -2.35. The number of halogens is 4. The van der Waals surface area contributed by atoms with E-state index in [1.54, 1.807) is 7.11 Å². The van der Waals surface area contributed by atoms with Crippen LogP contribution in [0.1, 0.15) is 22.7 Å². The monoisotopic (exact) mass is 664 g/mol. The number of carbonyl (C=O) groups is 1. The summed E-state index contributed by atoms with van der Waals surface area (Å²) in [6.07, 6.45) is 2.49. The summed E-state index contributed by atoms with van der Waals surface area (Å²) in [7, 11) is 5.61. The Balaban J connectivity index is 0.00000242. The Morgan fingerprint density at radius 2 is 1.67 bits per heavy atom. The Kier molecular flexibility index (Phi) is 12.2. The molecule has 1 amide bonds. The Morgan fingerprint density at radius 3 is 2.33 bits per heavy atom. The molecule has 0 aromatic heterocycles. The van der Waals surface area contributed by atoms with Crippen LogP contribution < -0.4 is 10.1 Å². The van der Waals surface area contributed by atoms with E-state index in [1.165, 1.54) is 11.8 Å². The van der Waals surface area contributed by atoms with Gasteiger partial charge in [0.25, 0.3) is 5.91 Å². The minimum absolute atomic E-state index is 0. The topological polar surface area (TPSA) is 57.2 Å². The molecule has 2 aliphatic heterocycles. The molecule has 0 bridgehead atoms. The second-order valence-electron chi connectivity index (χ2n) is 9.72. The van der Waals surface area contributed by atoms with Crippen LogP contribution >= 0.6 is 59.8 Å². The SMILES string of the molecule is COc1ccccc1[C@H]1C(C(=O)NCCN(C)C)=C(Cc2ccccc2)N=C2SC(c3c(Cl)cccc3Cl)=CN21.Cl.Cl. The third kappa shape index (κ3) is 7.28. The standard InChI is InChI=1S/C31H30Cl2N4O2S.2ClH/c1-36(2)17-16-34-30(38)28-24(18-20-10-5-4-6-11-20)35-31-37(29(28)21-12-7-8-15-25(21)39-3)19-26(40-31)27-22(32)13-9-14-23(27)33;;/h4-15,19,29H,16-18H2,1-3H3,(H,34,38);2*1H/t29-;;/m0../s1. The van der Waals surface area contributed by atoms with Crippen molar-refractivity contribution in [3.63, 3.8) is 0 Å². The molecule has 6 nitrogen and oxygen atoms in total. The van der Waals surface area contributed by atoms with Gasteiger partial charge in [0.1, 0.15) is 5.75 Å². The van der Waals surface area contributed by atoms with Crippen LogP contribution in [0.15, 0.2) is 95.3 Å². The van der Waals surface area contributed by atoms with E-state index in [-0.39, 0.29) is 30.7 Å². The number of likely N-dealkylation sites (N-methyl/N-ethyl adjacent to an activating group) is 1. The first-order valence-corrected chi connectivity index (χ1v) is 14.5. The van der Waals surface area contributed by atoms with Crippen LogP contribution in [0.5, 0.6) is 5.75 Å². The summed E-state index contributed by atoms with van der Waals surface area (Å²) in [4.78, 5) is 24.0. The normalized spacial score (nSPS) is 15.8. The minimum Gasteiger partial charge on any atom is -0.496 e. The van der Waals surface area contributed by atoms with Gasteiger partial charge in [0.05, 0.1) is 34.5 Å². The van der Waals surface area contributed by atoms with Crippen LogP contribution in [-0.4, -0.2) is 55.2 Å². The molecule has 1 N–H and O–H groups in total. The number of allylic oxidation sites excluding steroid dienone is 1. The minimum atomic E-state index is -0.479. The molecule has 222 valence electrons. The number of para-hydroxylation sites is 1. The van der Waals surface area contributed by atoms with Crippen molar-refractivity contribution in [1.82, 2.24) is 15.1 Å². The van der Waals surface area contributed by atoms with Crippen LogP contribution in [0, 0.1) is 0 Å². The molecule has 0 saturated heterocycles. The molecular weight excluding hydrogens is 634 g/mol. The smallest absolute Gasteiger partial charge is 0.251 e. The number of carbonyl (C=O) groups excluding carboxylic acids is 1. The van der Waals surface area contributed by atoms with Gasteiger partial charge in [-0.25, -0.2) is 4.99 Å². The van der Waals surface area contributed by atoms with Crippen molar-refractivity contribution in [3.05, 3.63) is 117 Å². The second-order valence-corrected chi connectivity index (χ2v) is 11.5. The maximum atomic E-state index is 14.0. The van der Waals surface area contributed by atoms with E-state index in [0.29, 0.717) is 40.0 Å². The fourth-order valence-corrected chi connectivity index (χ4v) is 6.63. The van der Waals surface area contributed by atoms with Crippen LogP contribution in [0.4, 0.5) is 0 Å². The molecule has 0 unspecified atom stereocenters. The first-order chi connectivity index (χ1) is 19.4. The maximum Gasteiger partial charge on any atom is 0.251 e. The summed E-state index contributed by atoms with van der Waals surface area (Å²) in [5, 5.41) is 4.99. The van der Waals surface area contributed by atoms with E-state index in [2.05, 4.69) is 5.32 Å². The Bertz CT molecular complexity index is 1490. The van der Waals surface area contributed by atoms with Gasteiger partial charge in [-0.15, -0.1) is 24.8 Å². The molecule has 2 aliphatic rings. The van der Waals surface area contributed by atoms with Crippen LogP contribution in [0.3, 0.4) is 0 Å². The van der Waals surface area contributed by atoms with Crippen LogP contribution in [0.25, 0.3) is 4.91 Å². The summed E-state index contributed by atoms with van der Waals surface area (Å²) in [5.74, 6) is 0.531. The highest BCUT2D eigenvalue weighted by Gasteiger charge is 2.41. The van der Waals surface area contributed by atoms with Gasteiger partial charge in [0.15, 0.2) is 5.17 Å². The first kappa shape index (κ1) is 33.8. The van der Waals surface area contributed by atoms with Gasteiger partial charge in [0.2, 0.25) is 0 Å². The number of methoxy groups -OCH3 is 1. The predicted molar refractivity (Wildman–Crippen MR) is 180 cm³/mol. The van der Waals surface area contributed by atoms with Gasteiger partial charge in [0, 0.05) is 41.7 Å². The molecular formula is C31H32Cl4N4O2S. The summed E-state index contributed by atoms with van der Waals surface area (Å²) < 4.78 is 5.79. The molecule has 3 aromatic rings. The fourth-order valence-electron chi connectivity index (χ4n) is 4.81. The molecule has 3 aromatic carbocycles. The molecule has 2 heterocycles. The largest absolute Gasteiger partial charge is 0.496 e. The number of amidine groups is 1. The molecule has 11 heteroatoms. The van der Waals surface area contributed by atoms with E-state index >= 15 is 0 Å². The van der Waals surface area contributed by atoms with Gasteiger partial charge in [-0.2, -0.15) is 0 Å². The van der Waals surface area contributed by atoms with E-state index in [1.807, 2.05) is 103 Å². The third-order valence-corrected chi connectivity index (χ3v) is 8.36. The van der Waals surface area contributed by atoms with Gasteiger partial charge in [-0.1, -0.05) is 77.8 Å². The van der Waals surface area contributed by atoms with E-state index in [0.717, 1.165) is 33.3 Å².